The molecule has 0 spiro atoms. The second-order valence-electron chi connectivity index (χ2n) is 8.03. The summed E-state index contributed by atoms with van der Waals surface area (Å²) in [6, 6.07) is 25.8. The van der Waals surface area contributed by atoms with Crippen molar-refractivity contribution in [1.29, 1.82) is 0 Å². The van der Waals surface area contributed by atoms with Crippen molar-refractivity contribution in [3.8, 4) is 0 Å². The Balaban J connectivity index is 1.70. The van der Waals surface area contributed by atoms with Gasteiger partial charge in [0.25, 0.3) is 0 Å². The van der Waals surface area contributed by atoms with Crippen LogP contribution in [0.2, 0.25) is 10.0 Å². The Labute approximate surface area is 186 Å². The number of aromatic nitrogens is 2. The number of halogens is 2. The zero-order valence-electron chi connectivity index (χ0n) is 16.8. The summed E-state index contributed by atoms with van der Waals surface area (Å²) >= 11 is 12.2. The predicted molar refractivity (Wildman–Crippen MR) is 121 cm³/mol. The highest BCUT2D eigenvalue weighted by atomic mass is 35.5. The van der Waals surface area contributed by atoms with E-state index in [2.05, 4.69) is 36.2 Å². The Bertz CT molecular complexity index is 1060. The van der Waals surface area contributed by atoms with Gasteiger partial charge in [0.05, 0.1) is 5.92 Å². The third-order valence-electron chi connectivity index (χ3n) is 5.16. The van der Waals surface area contributed by atoms with E-state index in [1.165, 1.54) is 5.56 Å². The fourth-order valence-electron chi connectivity index (χ4n) is 3.59. The summed E-state index contributed by atoms with van der Waals surface area (Å²) in [6.45, 7) is 4.24. The first kappa shape index (κ1) is 20.6. The molecule has 0 aliphatic carbocycles. The number of hydrogen-bond donors (Lipinski definition) is 0. The first-order valence-corrected chi connectivity index (χ1v) is 10.6. The Morgan fingerprint density at radius 3 is 1.83 bits per heavy atom. The van der Waals surface area contributed by atoms with Crippen molar-refractivity contribution in [2.75, 3.05) is 0 Å². The van der Waals surface area contributed by atoms with Crippen LogP contribution in [0.3, 0.4) is 0 Å². The van der Waals surface area contributed by atoms with E-state index in [0.29, 0.717) is 21.8 Å². The van der Waals surface area contributed by atoms with E-state index in [9.17, 15) is 0 Å². The highest BCUT2D eigenvalue weighted by Gasteiger charge is 2.30. The van der Waals surface area contributed by atoms with Gasteiger partial charge >= 0.3 is 0 Å². The SMILES string of the molecule is CC(C)(Cc1ccccc1)c1nnc(C(c2ccc(Cl)cc2)c2ccc(Cl)cc2)o1. The molecule has 0 unspecified atom stereocenters. The van der Waals surface area contributed by atoms with Gasteiger partial charge in [0.1, 0.15) is 0 Å². The average molecular weight is 437 g/mol. The zero-order valence-corrected chi connectivity index (χ0v) is 18.4. The molecule has 0 atom stereocenters. The van der Waals surface area contributed by atoms with Gasteiger partial charge in [-0.25, -0.2) is 0 Å². The first-order chi connectivity index (χ1) is 14.4. The van der Waals surface area contributed by atoms with Gasteiger partial charge in [0.15, 0.2) is 0 Å². The summed E-state index contributed by atoms with van der Waals surface area (Å²) < 4.78 is 6.26. The van der Waals surface area contributed by atoms with Crippen LogP contribution in [-0.2, 0) is 11.8 Å². The van der Waals surface area contributed by atoms with Gasteiger partial charge in [-0.15, -0.1) is 10.2 Å². The highest BCUT2D eigenvalue weighted by molar-refractivity contribution is 6.30. The Morgan fingerprint density at radius 1 is 0.767 bits per heavy atom. The summed E-state index contributed by atoms with van der Waals surface area (Å²) in [5.41, 5.74) is 2.99. The van der Waals surface area contributed by atoms with Crippen LogP contribution in [0.1, 0.15) is 48.2 Å². The lowest BCUT2D eigenvalue weighted by Crippen LogP contribution is -2.21. The highest BCUT2D eigenvalue weighted by Crippen LogP contribution is 2.35. The minimum atomic E-state index is -0.294. The number of rotatable bonds is 6. The Hall–Kier alpha value is -2.62. The molecule has 0 saturated heterocycles. The monoisotopic (exact) mass is 436 g/mol. The maximum Gasteiger partial charge on any atom is 0.228 e. The standard InChI is InChI=1S/C25H22Cl2N2O/c1-25(2,16-17-6-4-3-5-7-17)24-29-28-23(30-24)22(18-8-12-20(26)13-9-18)19-10-14-21(27)15-11-19/h3-15,22H,16H2,1-2H3. The van der Waals surface area contributed by atoms with E-state index in [-0.39, 0.29) is 11.3 Å². The lowest BCUT2D eigenvalue weighted by Gasteiger charge is -2.20. The van der Waals surface area contributed by atoms with Crippen molar-refractivity contribution in [2.45, 2.75) is 31.6 Å². The fraction of sp³-hybridized carbons (Fsp3) is 0.200. The molecule has 0 radical (unpaired) electrons. The molecular weight excluding hydrogens is 415 g/mol. The van der Waals surface area contributed by atoms with E-state index in [1.807, 2.05) is 66.7 Å². The smallest absolute Gasteiger partial charge is 0.228 e. The molecular formula is C25H22Cl2N2O. The first-order valence-electron chi connectivity index (χ1n) is 9.81. The third kappa shape index (κ3) is 4.58. The maximum absolute atomic E-state index is 6.26. The fourth-order valence-corrected chi connectivity index (χ4v) is 3.85. The molecule has 0 aliphatic heterocycles. The van der Waals surface area contributed by atoms with Gasteiger partial charge in [-0.2, -0.15) is 0 Å². The summed E-state index contributed by atoms with van der Waals surface area (Å²) in [5.74, 6) is 0.971. The number of hydrogen-bond acceptors (Lipinski definition) is 3. The van der Waals surface area contributed by atoms with Crippen LogP contribution in [0.5, 0.6) is 0 Å². The molecule has 3 aromatic carbocycles. The molecule has 1 heterocycles. The van der Waals surface area contributed by atoms with Gasteiger partial charge in [-0.3, -0.25) is 0 Å². The molecule has 0 N–H and O–H groups in total. The average Bonchev–Trinajstić information content (AvgIpc) is 3.22. The lowest BCUT2D eigenvalue weighted by molar-refractivity contribution is 0.348. The zero-order chi connectivity index (χ0) is 21.1. The van der Waals surface area contributed by atoms with Gasteiger partial charge in [0, 0.05) is 15.5 Å². The Morgan fingerprint density at radius 2 is 1.30 bits per heavy atom. The minimum absolute atomic E-state index is 0.201. The molecule has 0 saturated carbocycles. The van der Waals surface area contributed by atoms with Crippen molar-refractivity contribution in [3.05, 3.63) is 117 Å². The van der Waals surface area contributed by atoms with Crippen LogP contribution >= 0.6 is 23.2 Å². The largest absolute Gasteiger partial charge is 0.424 e. The van der Waals surface area contributed by atoms with E-state index < -0.39 is 0 Å². The normalized spacial score (nSPS) is 11.8. The number of benzene rings is 3. The maximum atomic E-state index is 6.26. The van der Waals surface area contributed by atoms with Crippen molar-refractivity contribution >= 4 is 23.2 Å². The quantitative estimate of drug-likeness (QED) is 0.324. The molecule has 0 aliphatic rings. The molecule has 0 fully saturated rings. The molecule has 4 aromatic rings. The molecule has 0 amide bonds. The van der Waals surface area contributed by atoms with Gasteiger partial charge in [0.2, 0.25) is 11.8 Å². The van der Waals surface area contributed by atoms with Gasteiger partial charge < -0.3 is 4.42 Å². The van der Waals surface area contributed by atoms with Crippen molar-refractivity contribution in [1.82, 2.24) is 10.2 Å². The minimum Gasteiger partial charge on any atom is -0.424 e. The second-order valence-corrected chi connectivity index (χ2v) is 8.90. The third-order valence-corrected chi connectivity index (χ3v) is 5.67. The molecule has 152 valence electrons. The summed E-state index contributed by atoms with van der Waals surface area (Å²) in [6.07, 6.45) is 0.808. The van der Waals surface area contributed by atoms with Gasteiger partial charge in [-0.1, -0.05) is 91.6 Å². The van der Waals surface area contributed by atoms with Crippen LogP contribution in [0.25, 0.3) is 0 Å². The number of nitrogens with zero attached hydrogens (tertiary/aromatic N) is 2. The van der Waals surface area contributed by atoms with Crippen LogP contribution in [0.4, 0.5) is 0 Å². The summed E-state index contributed by atoms with van der Waals surface area (Å²) in [7, 11) is 0. The predicted octanol–water partition coefficient (Wildman–Crippen LogP) is 7.08. The van der Waals surface area contributed by atoms with E-state index >= 15 is 0 Å². The van der Waals surface area contributed by atoms with Gasteiger partial charge in [-0.05, 0) is 47.4 Å². The molecule has 3 nitrogen and oxygen atoms in total. The lowest BCUT2D eigenvalue weighted by atomic mass is 9.85. The molecule has 5 heteroatoms. The molecule has 0 bridgehead atoms. The molecule has 1 aromatic heterocycles. The second kappa shape index (κ2) is 8.63. The summed E-state index contributed by atoms with van der Waals surface area (Å²) in [5, 5.41) is 10.2. The molecule has 30 heavy (non-hydrogen) atoms. The topological polar surface area (TPSA) is 38.9 Å². The van der Waals surface area contributed by atoms with Crippen molar-refractivity contribution in [3.63, 3.8) is 0 Å². The van der Waals surface area contributed by atoms with Crippen molar-refractivity contribution in [2.24, 2.45) is 0 Å². The van der Waals surface area contributed by atoms with Crippen LogP contribution in [0.15, 0.2) is 83.3 Å². The van der Waals surface area contributed by atoms with Crippen molar-refractivity contribution < 1.29 is 4.42 Å². The summed E-state index contributed by atoms with van der Waals surface area (Å²) in [4.78, 5) is 0. The van der Waals surface area contributed by atoms with Crippen LogP contribution < -0.4 is 0 Å². The van der Waals surface area contributed by atoms with Crippen LogP contribution in [-0.4, -0.2) is 10.2 Å². The van der Waals surface area contributed by atoms with E-state index in [0.717, 1.165) is 17.5 Å². The van der Waals surface area contributed by atoms with Crippen LogP contribution in [0, 0.1) is 0 Å². The Kier molecular flexibility index (Phi) is 5.94. The molecule has 4 rings (SSSR count). The van der Waals surface area contributed by atoms with E-state index in [1.54, 1.807) is 0 Å². The van der Waals surface area contributed by atoms with E-state index in [4.69, 9.17) is 27.6 Å².